The Morgan fingerprint density at radius 1 is 1.22 bits per heavy atom. The van der Waals surface area contributed by atoms with Crippen molar-refractivity contribution in [2.45, 2.75) is 39.2 Å². The van der Waals surface area contributed by atoms with E-state index in [1.165, 1.54) is 24.1 Å². The molecule has 2 aliphatic carbocycles. The zero-order valence-corrected chi connectivity index (χ0v) is 11.4. The molecule has 0 aliphatic heterocycles. The van der Waals surface area contributed by atoms with Gasteiger partial charge in [0.1, 0.15) is 0 Å². The van der Waals surface area contributed by atoms with Crippen LogP contribution in [0.5, 0.6) is 0 Å². The van der Waals surface area contributed by atoms with Gasteiger partial charge in [0.2, 0.25) is 0 Å². The van der Waals surface area contributed by atoms with Crippen LogP contribution in [0.2, 0.25) is 0 Å². The molecule has 1 fully saturated rings. The van der Waals surface area contributed by atoms with E-state index in [0.717, 1.165) is 24.2 Å². The van der Waals surface area contributed by atoms with Gasteiger partial charge in [-0.05, 0) is 55.6 Å². The van der Waals surface area contributed by atoms with Crippen molar-refractivity contribution in [3.63, 3.8) is 0 Å². The largest absolute Gasteiger partial charge is 0.382 e. The quantitative estimate of drug-likeness (QED) is 0.777. The smallest absolute Gasteiger partial charge is 0.0374 e. The van der Waals surface area contributed by atoms with Crippen LogP contribution in [0.3, 0.4) is 0 Å². The maximum absolute atomic E-state index is 3.75. The van der Waals surface area contributed by atoms with Gasteiger partial charge in [-0.15, -0.1) is 0 Å². The summed E-state index contributed by atoms with van der Waals surface area (Å²) in [5.41, 5.74) is 2.77. The fourth-order valence-electron chi connectivity index (χ4n) is 3.72. The van der Waals surface area contributed by atoms with E-state index in [2.05, 4.69) is 55.6 Å². The summed E-state index contributed by atoms with van der Waals surface area (Å²) < 4.78 is 0. The van der Waals surface area contributed by atoms with Crippen molar-refractivity contribution < 1.29 is 0 Å². The van der Waals surface area contributed by atoms with Crippen LogP contribution in [0, 0.1) is 17.8 Å². The first-order chi connectivity index (χ1) is 8.78. The van der Waals surface area contributed by atoms with Crippen LogP contribution in [0.15, 0.2) is 36.4 Å². The van der Waals surface area contributed by atoms with E-state index in [1.807, 2.05) is 0 Å². The Bertz CT molecular complexity index is 449. The SMILES string of the molecule is CCc1ccccc1NC(C)C1CC2C=CC1C2. The Balaban J connectivity index is 1.71. The fraction of sp³-hybridized carbons (Fsp3) is 0.529. The molecule has 18 heavy (non-hydrogen) atoms. The zero-order chi connectivity index (χ0) is 12.5. The van der Waals surface area contributed by atoms with Crippen molar-refractivity contribution in [1.82, 2.24) is 0 Å². The van der Waals surface area contributed by atoms with E-state index in [4.69, 9.17) is 0 Å². The summed E-state index contributed by atoms with van der Waals surface area (Å²) >= 11 is 0. The molecule has 1 N–H and O–H groups in total. The zero-order valence-electron chi connectivity index (χ0n) is 11.4. The average molecular weight is 241 g/mol. The molecule has 1 heteroatoms. The highest BCUT2D eigenvalue weighted by atomic mass is 14.9. The van der Waals surface area contributed by atoms with Gasteiger partial charge in [-0.2, -0.15) is 0 Å². The van der Waals surface area contributed by atoms with E-state index in [-0.39, 0.29) is 0 Å². The number of anilines is 1. The van der Waals surface area contributed by atoms with Crippen LogP contribution < -0.4 is 5.32 Å². The Kier molecular flexibility index (Phi) is 3.15. The average Bonchev–Trinajstić information content (AvgIpc) is 3.01. The third-order valence-corrected chi connectivity index (χ3v) is 4.75. The fourth-order valence-corrected chi connectivity index (χ4v) is 3.72. The summed E-state index contributed by atoms with van der Waals surface area (Å²) in [5, 5.41) is 3.75. The van der Waals surface area contributed by atoms with Crippen molar-refractivity contribution in [2.75, 3.05) is 5.32 Å². The highest BCUT2D eigenvalue weighted by Crippen LogP contribution is 2.45. The van der Waals surface area contributed by atoms with Gasteiger partial charge in [-0.1, -0.05) is 37.3 Å². The first kappa shape index (κ1) is 11.8. The van der Waals surface area contributed by atoms with Crippen LogP contribution in [-0.4, -0.2) is 6.04 Å². The predicted octanol–water partition coefficient (Wildman–Crippen LogP) is 4.26. The van der Waals surface area contributed by atoms with Crippen molar-refractivity contribution in [2.24, 2.45) is 17.8 Å². The summed E-state index contributed by atoms with van der Waals surface area (Å²) in [7, 11) is 0. The second kappa shape index (κ2) is 4.79. The number of aryl methyl sites for hydroxylation is 1. The molecule has 2 bridgehead atoms. The molecule has 1 saturated carbocycles. The first-order valence-electron chi connectivity index (χ1n) is 7.30. The van der Waals surface area contributed by atoms with Crippen molar-refractivity contribution >= 4 is 5.69 Å². The minimum atomic E-state index is 0.581. The lowest BCUT2D eigenvalue weighted by atomic mass is 9.87. The molecular formula is C17H23N. The van der Waals surface area contributed by atoms with E-state index >= 15 is 0 Å². The molecule has 0 aromatic heterocycles. The van der Waals surface area contributed by atoms with Crippen molar-refractivity contribution in [1.29, 1.82) is 0 Å². The van der Waals surface area contributed by atoms with E-state index in [9.17, 15) is 0 Å². The molecule has 0 amide bonds. The molecule has 4 unspecified atom stereocenters. The highest BCUT2D eigenvalue weighted by Gasteiger charge is 2.38. The number of para-hydroxylation sites is 1. The molecule has 4 atom stereocenters. The summed E-state index contributed by atoms with van der Waals surface area (Å²) in [5.74, 6) is 2.52. The molecule has 3 rings (SSSR count). The van der Waals surface area contributed by atoms with E-state index < -0.39 is 0 Å². The minimum Gasteiger partial charge on any atom is -0.382 e. The number of rotatable bonds is 4. The second-order valence-electron chi connectivity index (χ2n) is 5.89. The van der Waals surface area contributed by atoms with Crippen LogP contribution in [0.4, 0.5) is 5.69 Å². The van der Waals surface area contributed by atoms with E-state index in [1.54, 1.807) is 0 Å². The first-order valence-corrected chi connectivity index (χ1v) is 7.30. The number of fused-ring (bicyclic) bond motifs is 2. The molecule has 1 nitrogen and oxygen atoms in total. The van der Waals surface area contributed by atoms with Crippen LogP contribution in [-0.2, 0) is 6.42 Å². The third-order valence-electron chi connectivity index (χ3n) is 4.75. The second-order valence-corrected chi connectivity index (χ2v) is 5.89. The number of allylic oxidation sites excluding steroid dienone is 2. The molecule has 1 aromatic rings. The van der Waals surface area contributed by atoms with Crippen LogP contribution in [0.1, 0.15) is 32.3 Å². The molecular weight excluding hydrogens is 218 g/mol. The van der Waals surface area contributed by atoms with Gasteiger partial charge in [0.05, 0.1) is 0 Å². The number of nitrogens with one attached hydrogen (secondary N) is 1. The maximum Gasteiger partial charge on any atom is 0.0374 e. The molecule has 0 spiro atoms. The Morgan fingerprint density at radius 2 is 2.06 bits per heavy atom. The monoisotopic (exact) mass is 241 g/mol. The lowest BCUT2D eigenvalue weighted by Crippen LogP contribution is -2.29. The molecule has 1 aromatic carbocycles. The summed E-state index contributed by atoms with van der Waals surface area (Å²) in [6, 6.07) is 9.30. The lowest BCUT2D eigenvalue weighted by Gasteiger charge is -2.28. The van der Waals surface area contributed by atoms with Crippen LogP contribution in [0.25, 0.3) is 0 Å². The predicted molar refractivity (Wildman–Crippen MR) is 77.7 cm³/mol. The molecule has 0 saturated heterocycles. The Hall–Kier alpha value is -1.24. The van der Waals surface area contributed by atoms with Crippen LogP contribution >= 0.6 is 0 Å². The van der Waals surface area contributed by atoms with Crippen molar-refractivity contribution in [3.8, 4) is 0 Å². The molecule has 96 valence electrons. The van der Waals surface area contributed by atoms with E-state index in [0.29, 0.717) is 6.04 Å². The van der Waals surface area contributed by atoms with Gasteiger partial charge < -0.3 is 5.32 Å². The van der Waals surface area contributed by atoms with Gasteiger partial charge >= 0.3 is 0 Å². The molecule has 0 heterocycles. The molecule has 0 radical (unpaired) electrons. The Morgan fingerprint density at radius 3 is 2.72 bits per heavy atom. The van der Waals surface area contributed by atoms with Gasteiger partial charge in [-0.25, -0.2) is 0 Å². The van der Waals surface area contributed by atoms with Crippen molar-refractivity contribution in [3.05, 3.63) is 42.0 Å². The van der Waals surface area contributed by atoms with Gasteiger partial charge in [0.15, 0.2) is 0 Å². The topological polar surface area (TPSA) is 12.0 Å². The summed E-state index contributed by atoms with van der Waals surface area (Å²) in [4.78, 5) is 0. The Labute approximate surface area is 110 Å². The standard InChI is InChI=1S/C17H23N/c1-3-14-6-4-5-7-17(14)18-12(2)16-11-13-8-9-15(16)10-13/h4-9,12-13,15-16,18H,3,10-11H2,1-2H3. The maximum atomic E-state index is 3.75. The minimum absolute atomic E-state index is 0.581. The normalized spacial score (nSPS) is 30.7. The van der Waals surface area contributed by atoms with Gasteiger partial charge in [-0.3, -0.25) is 0 Å². The number of benzene rings is 1. The number of hydrogen-bond donors (Lipinski definition) is 1. The summed E-state index contributed by atoms with van der Waals surface area (Å²) in [6.45, 7) is 4.58. The number of hydrogen-bond acceptors (Lipinski definition) is 1. The lowest BCUT2D eigenvalue weighted by molar-refractivity contribution is 0.399. The van der Waals surface area contributed by atoms with Gasteiger partial charge in [0, 0.05) is 11.7 Å². The molecule has 2 aliphatic rings. The third kappa shape index (κ3) is 2.07. The summed E-state index contributed by atoms with van der Waals surface area (Å²) in [6.07, 6.45) is 8.75. The van der Waals surface area contributed by atoms with Gasteiger partial charge in [0.25, 0.3) is 0 Å². The highest BCUT2D eigenvalue weighted by molar-refractivity contribution is 5.51.